The molecule has 0 saturated carbocycles. The minimum atomic E-state index is 0.312. The minimum absolute atomic E-state index is 0.312. The van der Waals surface area contributed by atoms with Crippen LogP contribution in [0.2, 0.25) is 0 Å². The molecule has 0 aliphatic carbocycles. The molecule has 3 aromatic heterocycles. The molecule has 4 heterocycles. The Balaban J connectivity index is 1.46. The maximum absolute atomic E-state index is 4.70. The van der Waals surface area contributed by atoms with Crippen molar-refractivity contribution in [3.63, 3.8) is 0 Å². The molecule has 8 heteroatoms. The van der Waals surface area contributed by atoms with Crippen LogP contribution in [0.15, 0.2) is 30.6 Å². The van der Waals surface area contributed by atoms with Gasteiger partial charge in [-0.1, -0.05) is 0 Å². The summed E-state index contributed by atoms with van der Waals surface area (Å²) in [6.07, 6.45) is 4.74. The Hall–Kier alpha value is -2.90. The molecule has 1 aliphatic rings. The second kappa shape index (κ2) is 6.54. The number of nitrogens with zero attached hydrogens (tertiary/aromatic N) is 6. The lowest BCUT2D eigenvalue weighted by atomic mass is 10.3. The van der Waals surface area contributed by atoms with Gasteiger partial charge in [0, 0.05) is 38.1 Å². The van der Waals surface area contributed by atoms with E-state index in [4.69, 9.17) is 4.98 Å². The highest BCUT2D eigenvalue weighted by atomic mass is 15.4. The van der Waals surface area contributed by atoms with Crippen molar-refractivity contribution >= 4 is 11.9 Å². The molecule has 0 bridgehead atoms. The number of hydrogen-bond donors (Lipinski definition) is 2. The quantitative estimate of drug-likeness (QED) is 0.741. The fourth-order valence-electron chi connectivity index (χ4n) is 3.17. The number of rotatable bonds is 5. The van der Waals surface area contributed by atoms with Gasteiger partial charge < -0.3 is 15.2 Å². The van der Waals surface area contributed by atoms with E-state index in [1.54, 1.807) is 0 Å². The first kappa shape index (κ1) is 15.6. The van der Waals surface area contributed by atoms with E-state index in [2.05, 4.69) is 37.2 Å². The van der Waals surface area contributed by atoms with Crippen LogP contribution in [-0.2, 0) is 6.54 Å². The largest absolute Gasteiger partial charge is 0.360 e. The van der Waals surface area contributed by atoms with Crippen LogP contribution in [0.1, 0.15) is 19.2 Å². The molecule has 8 nitrogen and oxygen atoms in total. The van der Waals surface area contributed by atoms with E-state index in [1.807, 2.05) is 42.2 Å². The highest BCUT2D eigenvalue weighted by Gasteiger charge is 2.26. The van der Waals surface area contributed by atoms with Gasteiger partial charge in [0.1, 0.15) is 5.82 Å². The van der Waals surface area contributed by atoms with E-state index in [9.17, 15) is 0 Å². The molecular weight excluding hydrogens is 316 g/mol. The Kier molecular flexibility index (Phi) is 4.09. The van der Waals surface area contributed by atoms with Gasteiger partial charge in [-0.3, -0.25) is 0 Å². The predicted molar refractivity (Wildman–Crippen MR) is 96.5 cm³/mol. The normalized spacial score (nSPS) is 17.2. The molecule has 130 valence electrons. The van der Waals surface area contributed by atoms with Gasteiger partial charge in [0.15, 0.2) is 0 Å². The van der Waals surface area contributed by atoms with Crippen molar-refractivity contribution in [2.75, 3.05) is 23.3 Å². The average molecular weight is 338 g/mol. The Morgan fingerprint density at radius 1 is 1.32 bits per heavy atom. The molecule has 1 saturated heterocycles. The molecule has 3 aromatic rings. The highest BCUT2D eigenvalue weighted by Crippen LogP contribution is 2.21. The lowest BCUT2D eigenvalue weighted by Crippen LogP contribution is -2.28. The summed E-state index contributed by atoms with van der Waals surface area (Å²) in [5.74, 6) is 2.40. The topological polar surface area (TPSA) is 87.5 Å². The second-order valence-corrected chi connectivity index (χ2v) is 6.20. The third kappa shape index (κ3) is 3.19. The molecule has 2 N–H and O–H groups in total. The summed E-state index contributed by atoms with van der Waals surface area (Å²) in [7, 11) is 0. The van der Waals surface area contributed by atoms with E-state index in [0.717, 1.165) is 55.2 Å². The molecule has 1 fully saturated rings. The fourth-order valence-corrected chi connectivity index (χ4v) is 3.17. The smallest absolute Gasteiger partial charge is 0.225 e. The first-order chi connectivity index (χ1) is 12.2. The summed E-state index contributed by atoms with van der Waals surface area (Å²) >= 11 is 0. The maximum Gasteiger partial charge on any atom is 0.225 e. The Morgan fingerprint density at radius 2 is 2.24 bits per heavy atom. The highest BCUT2D eigenvalue weighted by molar-refractivity contribution is 5.55. The fraction of sp³-hybridized carbons (Fsp3) is 0.412. The van der Waals surface area contributed by atoms with E-state index < -0.39 is 0 Å². The molecule has 1 atom stereocenters. The van der Waals surface area contributed by atoms with E-state index >= 15 is 0 Å². The first-order valence-corrected chi connectivity index (χ1v) is 8.62. The molecule has 1 unspecified atom stereocenters. The molecule has 0 radical (unpaired) electrons. The number of aryl methyl sites for hydroxylation is 2. The zero-order chi connectivity index (χ0) is 17.2. The molecule has 0 amide bonds. The molecule has 0 aromatic carbocycles. The van der Waals surface area contributed by atoms with Crippen molar-refractivity contribution in [1.82, 2.24) is 29.7 Å². The SMILES string of the molecule is CCn1nc(C)nc1NC1CCN(c2nccc(-c3ccc[nH]3)n2)C1. The van der Waals surface area contributed by atoms with Crippen molar-refractivity contribution in [2.24, 2.45) is 0 Å². The monoisotopic (exact) mass is 338 g/mol. The minimum Gasteiger partial charge on any atom is -0.360 e. The molecular formula is C17H22N8. The summed E-state index contributed by atoms with van der Waals surface area (Å²) in [5.41, 5.74) is 1.91. The van der Waals surface area contributed by atoms with E-state index in [-0.39, 0.29) is 0 Å². The standard InChI is InChI=1S/C17H22N8/c1-3-25-17(20-12(2)23-25)21-13-7-10-24(11-13)16-19-9-6-15(22-16)14-5-4-8-18-14/h4-6,8-9,13,18H,3,7,10-11H2,1-2H3,(H,20,21,23). The summed E-state index contributed by atoms with van der Waals surface area (Å²) < 4.78 is 1.90. The summed E-state index contributed by atoms with van der Waals surface area (Å²) in [5, 5.41) is 7.90. The van der Waals surface area contributed by atoms with Gasteiger partial charge in [0.25, 0.3) is 0 Å². The first-order valence-electron chi connectivity index (χ1n) is 8.62. The molecule has 4 rings (SSSR count). The molecule has 25 heavy (non-hydrogen) atoms. The van der Waals surface area contributed by atoms with Gasteiger partial charge in [-0.05, 0) is 38.5 Å². The zero-order valence-corrected chi connectivity index (χ0v) is 14.5. The van der Waals surface area contributed by atoms with Gasteiger partial charge in [0.2, 0.25) is 11.9 Å². The molecule has 0 spiro atoms. The van der Waals surface area contributed by atoms with Gasteiger partial charge >= 0.3 is 0 Å². The van der Waals surface area contributed by atoms with Crippen LogP contribution >= 0.6 is 0 Å². The lowest BCUT2D eigenvalue weighted by molar-refractivity contribution is 0.647. The Bertz CT molecular complexity index is 838. The van der Waals surface area contributed by atoms with Crippen molar-refractivity contribution in [3.05, 3.63) is 36.4 Å². The number of H-pyrrole nitrogens is 1. The van der Waals surface area contributed by atoms with Crippen LogP contribution in [-0.4, -0.2) is 48.8 Å². The van der Waals surface area contributed by atoms with Crippen LogP contribution in [0.25, 0.3) is 11.4 Å². The number of nitrogens with one attached hydrogen (secondary N) is 2. The van der Waals surface area contributed by atoms with Crippen LogP contribution in [0, 0.1) is 6.92 Å². The number of aromatic amines is 1. The maximum atomic E-state index is 4.70. The average Bonchev–Trinajstić information content (AvgIpc) is 3.36. The van der Waals surface area contributed by atoms with Crippen molar-refractivity contribution in [2.45, 2.75) is 32.9 Å². The van der Waals surface area contributed by atoms with Crippen LogP contribution < -0.4 is 10.2 Å². The summed E-state index contributed by atoms with van der Waals surface area (Å²) in [6, 6.07) is 6.22. The van der Waals surface area contributed by atoms with Crippen LogP contribution in [0.5, 0.6) is 0 Å². The number of anilines is 2. The zero-order valence-electron chi connectivity index (χ0n) is 14.5. The number of aromatic nitrogens is 6. The third-order valence-corrected chi connectivity index (χ3v) is 4.40. The Morgan fingerprint density at radius 3 is 3.04 bits per heavy atom. The van der Waals surface area contributed by atoms with Gasteiger partial charge in [-0.2, -0.15) is 10.1 Å². The van der Waals surface area contributed by atoms with Gasteiger partial charge in [-0.25, -0.2) is 14.6 Å². The third-order valence-electron chi connectivity index (χ3n) is 4.40. The summed E-state index contributed by atoms with van der Waals surface area (Å²) in [6.45, 7) is 6.56. The lowest BCUT2D eigenvalue weighted by Gasteiger charge is -2.17. The van der Waals surface area contributed by atoms with Crippen LogP contribution in [0.4, 0.5) is 11.9 Å². The second-order valence-electron chi connectivity index (χ2n) is 6.20. The van der Waals surface area contributed by atoms with Gasteiger partial charge in [-0.15, -0.1) is 0 Å². The van der Waals surface area contributed by atoms with Crippen molar-refractivity contribution in [3.8, 4) is 11.4 Å². The van der Waals surface area contributed by atoms with Gasteiger partial charge in [0.05, 0.1) is 11.4 Å². The van der Waals surface area contributed by atoms with Crippen molar-refractivity contribution < 1.29 is 0 Å². The van der Waals surface area contributed by atoms with E-state index in [1.165, 1.54) is 0 Å². The predicted octanol–water partition coefficient (Wildman–Crippen LogP) is 2.08. The number of hydrogen-bond acceptors (Lipinski definition) is 6. The summed E-state index contributed by atoms with van der Waals surface area (Å²) in [4.78, 5) is 19.0. The molecule has 1 aliphatic heterocycles. The van der Waals surface area contributed by atoms with Crippen molar-refractivity contribution in [1.29, 1.82) is 0 Å². The van der Waals surface area contributed by atoms with E-state index in [0.29, 0.717) is 6.04 Å². The van der Waals surface area contributed by atoms with Crippen LogP contribution in [0.3, 0.4) is 0 Å². The Labute approximate surface area is 146 Å².